The average Bonchev–Trinajstić information content (AvgIpc) is 3.40. The second-order valence-electron chi connectivity index (χ2n) is 7.19. The second kappa shape index (κ2) is 9.22. The van der Waals surface area contributed by atoms with Crippen LogP contribution in [0.4, 0.5) is 0 Å². The van der Waals surface area contributed by atoms with Crippen LogP contribution in [0.25, 0.3) is 16.6 Å². The summed E-state index contributed by atoms with van der Waals surface area (Å²) in [5.41, 5.74) is 4.14. The van der Waals surface area contributed by atoms with Gasteiger partial charge >= 0.3 is 0 Å². The minimum atomic E-state index is -0.332. The van der Waals surface area contributed by atoms with Crippen molar-refractivity contribution < 1.29 is 9.53 Å². The Kier molecular flexibility index (Phi) is 6.22. The van der Waals surface area contributed by atoms with Crippen LogP contribution in [-0.2, 0) is 11.2 Å². The molecule has 2 heterocycles. The van der Waals surface area contributed by atoms with E-state index in [0.29, 0.717) is 11.7 Å². The number of methoxy groups -OCH3 is 1. The maximum atomic E-state index is 12.6. The van der Waals surface area contributed by atoms with E-state index >= 15 is 0 Å². The van der Waals surface area contributed by atoms with E-state index in [1.165, 1.54) is 11.8 Å². The summed E-state index contributed by atoms with van der Waals surface area (Å²) in [4.78, 5) is 15.9. The topological polar surface area (TPSA) is 97.7 Å². The number of nitrogens with zero attached hydrogens (tertiary/aromatic N) is 4. The molecule has 1 amide bonds. The SMILES string of the molecule is COc1ccc2c(CCNC(=O)C(C)Sc3nnnn3-c3ccccc3C)c[nH]c2c1. The number of aromatic nitrogens is 5. The number of hydrogen-bond acceptors (Lipinski definition) is 6. The van der Waals surface area contributed by atoms with E-state index in [1.54, 1.807) is 11.8 Å². The number of aromatic amines is 1. The van der Waals surface area contributed by atoms with Gasteiger partial charge in [-0.1, -0.05) is 30.0 Å². The Labute approximate surface area is 184 Å². The van der Waals surface area contributed by atoms with Crippen LogP contribution < -0.4 is 10.1 Å². The third kappa shape index (κ3) is 4.56. The molecule has 0 saturated carbocycles. The number of fused-ring (bicyclic) bond motifs is 1. The van der Waals surface area contributed by atoms with Crippen molar-refractivity contribution in [2.45, 2.75) is 30.7 Å². The molecule has 0 fully saturated rings. The number of H-pyrrole nitrogens is 1. The number of para-hydroxylation sites is 1. The number of thioether (sulfide) groups is 1. The molecule has 9 heteroatoms. The van der Waals surface area contributed by atoms with Gasteiger partial charge in [-0.05, 0) is 60.0 Å². The fourth-order valence-corrected chi connectivity index (χ4v) is 4.20. The molecule has 1 unspecified atom stereocenters. The van der Waals surface area contributed by atoms with Crippen LogP contribution >= 0.6 is 11.8 Å². The number of aryl methyl sites for hydroxylation is 1. The Morgan fingerprint density at radius 2 is 2.13 bits per heavy atom. The number of hydrogen-bond donors (Lipinski definition) is 2. The minimum absolute atomic E-state index is 0.0501. The summed E-state index contributed by atoms with van der Waals surface area (Å²) in [5, 5.41) is 16.4. The molecule has 8 nitrogen and oxygen atoms in total. The summed E-state index contributed by atoms with van der Waals surface area (Å²) in [6.45, 7) is 4.41. The van der Waals surface area contributed by atoms with Gasteiger partial charge in [0.1, 0.15) is 5.75 Å². The van der Waals surface area contributed by atoms with E-state index in [-0.39, 0.29) is 11.2 Å². The highest BCUT2D eigenvalue weighted by atomic mass is 32.2. The normalized spacial score (nSPS) is 12.1. The van der Waals surface area contributed by atoms with Crippen LogP contribution in [0.3, 0.4) is 0 Å². The van der Waals surface area contributed by atoms with Crippen molar-refractivity contribution in [2.24, 2.45) is 0 Å². The molecule has 0 aliphatic heterocycles. The number of benzene rings is 2. The van der Waals surface area contributed by atoms with Gasteiger partial charge in [-0.25, -0.2) is 0 Å². The lowest BCUT2D eigenvalue weighted by Crippen LogP contribution is -2.32. The largest absolute Gasteiger partial charge is 0.497 e. The molecule has 0 bridgehead atoms. The summed E-state index contributed by atoms with van der Waals surface area (Å²) in [6.07, 6.45) is 2.71. The summed E-state index contributed by atoms with van der Waals surface area (Å²) in [7, 11) is 1.65. The van der Waals surface area contributed by atoms with Crippen LogP contribution in [0.5, 0.6) is 5.75 Å². The van der Waals surface area contributed by atoms with Gasteiger partial charge in [0.25, 0.3) is 0 Å². The molecule has 4 aromatic rings. The molecule has 0 spiro atoms. The van der Waals surface area contributed by atoms with Crippen molar-refractivity contribution in [1.82, 2.24) is 30.5 Å². The molecule has 0 aliphatic carbocycles. The summed E-state index contributed by atoms with van der Waals surface area (Å²) >= 11 is 1.34. The van der Waals surface area contributed by atoms with Crippen molar-refractivity contribution >= 4 is 28.6 Å². The third-order valence-electron chi connectivity index (χ3n) is 5.10. The van der Waals surface area contributed by atoms with Crippen molar-refractivity contribution in [1.29, 1.82) is 0 Å². The molecule has 1 atom stereocenters. The Balaban J connectivity index is 1.35. The summed E-state index contributed by atoms with van der Waals surface area (Å²) in [6, 6.07) is 13.8. The van der Waals surface area contributed by atoms with Gasteiger partial charge in [0.15, 0.2) is 0 Å². The average molecular weight is 437 g/mol. The Morgan fingerprint density at radius 1 is 1.29 bits per heavy atom. The lowest BCUT2D eigenvalue weighted by molar-refractivity contribution is -0.120. The van der Waals surface area contributed by atoms with E-state index in [0.717, 1.165) is 39.9 Å². The molecule has 2 aromatic heterocycles. The van der Waals surface area contributed by atoms with E-state index in [2.05, 4.69) is 25.8 Å². The number of carbonyl (C=O) groups is 1. The molecular weight excluding hydrogens is 412 g/mol. The number of amides is 1. The van der Waals surface area contributed by atoms with E-state index in [1.807, 2.05) is 62.5 Å². The first-order chi connectivity index (χ1) is 15.1. The number of tetrazole rings is 1. The zero-order valence-corrected chi connectivity index (χ0v) is 18.4. The maximum absolute atomic E-state index is 12.6. The van der Waals surface area contributed by atoms with Crippen molar-refractivity contribution in [3.63, 3.8) is 0 Å². The number of ether oxygens (including phenoxy) is 1. The number of nitrogens with one attached hydrogen (secondary N) is 2. The molecule has 0 radical (unpaired) electrons. The fourth-order valence-electron chi connectivity index (χ4n) is 3.38. The zero-order chi connectivity index (χ0) is 21.8. The minimum Gasteiger partial charge on any atom is -0.497 e. The van der Waals surface area contributed by atoms with Crippen LogP contribution in [0.1, 0.15) is 18.1 Å². The fraction of sp³-hybridized carbons (Fsp3) is 0.273. The first kappa shape index (κ1) is 20.9. The predicted molar refractivity (Wildman–Crippen MR) is 121 cm³/mol. The van der Waals surface area contributed by atoms with E-state index in [4.69, 9.17) is 4.74 Å². The molecular formula is C22H24N6O2S. The lowest BCUT2D eigenvalue weighted by Gasteiger charge is -2.12. The van der Waals surface area contributed by atoms with E-state index < -0.39 is 0 Å². The first-order valence-electron chi connectivity index (χ1n) is 9.99. The van der Waals surface area contributed by atoms with Crippen molar-refractivity contribution in [2.75, 3.05) is 13.7 Å². The molecule has 2 aromatic carbocycles. The zero-order valence-electron chi connectivity index (χ0n) is 17.6. The smallest absolute Gasteiger partial charge is 0.233 e. The molecule has 160 valence electrons. The molecule has 4 rings (SSSR count). The predicted octanol–water partition coefficient (Wildman–Crippen LogP) is 3.30. The van der Waals surface area contributed by atoms with Crippen LogP contribution in [0, 0.1) is 6.92 Å². The van der Waals surface area contributed by atoms with Gasteiger partial charge in [-0.3, -0.25) is 4.79 Å². The summed E-state index contributed by atoms with van der Waals surface area (Å²) in [5.74, 6) is 0.763. The van der Waals surface area contributed by atoms with Gasteiger partial charge in [-0.15, -0.1) is 5.10 Å². The molecule has 31 heavy (non-hydrogen) atoms. The first-order valence-corrected chi connectivity index (χ1v) is 10.9. The highest BCUT2D eigenvalue weighted by Crippen LogP contribution is 2.25. The highest BCUT2D eigenvalue weighted by Gasteiger charge is 2.19. The third-order valence-corrected chi connectivity index (χ3v) is 6.14. The lowest BCUT2D eigenvalue weighted by atomic mass is 10.1. The maximum Gasteiger partial charge on any atom is 0.233 e. The van der Waals surface area contributed by atoms with Crippen LogP contribution in [-0.4, -0.2) is 50.0 Å². The van der Waals surface area contributed by atoms with Gasteiger partial charge in [0.05, 0.1) is 18.0 Å². The molecule has 0 saturated heterocycles. The number of rotatable bonds is 8. The Hall–Kier alpha value is -3.33. The van der Waals surface area contributed by atoms with E-state index in [9.17, 15) is 4.79 Å². The van der Waals surface area contributed by atoms with Gasteiger partial charge in [-0.2, -0.15) is 4.68 Å². The van der Waals surface area contributed by atoms with Gasteiger partial charge < -0.3 is 15.0 Å². The number of carbonyl (C=O) groups excluding carboxylic acids is 1. The van der Waals surface area contributed by atoms with Crippen molar-refractivity contribution in [3.8, 4) is 11.4 Å². The molecule has 0 aliphatic rings. The second-order valence-corrected chi connectivity index (χ2v) is 8.49. The molecule has 2 N–H and O–H groups in total. The monoisotopic (exact) mass is 436 g/mol. The standard InChI is InChI=1S/C22H24N6O2S/c1-14-6-4-5-7-20(14)28-22(25-26-27-28)31-15(2)21(29)23-11-10-16-13-24-19-12-17(30-3)8-9-18(16)19/h4-9,12-13,15,24H,10-11H2,1-3H3,(H,23,29). The quantitative estimate of drug-likeness (QED) is 0.411. The van der Waals surface area contributed by atoms with Gasteiger partial charge in [0, 0.05) is 29.7 Å². The van der Waals surface area contributed by atoms with Crippen LogP contribution in [0.15, 0.2) is 53.8 Å². The van der Waals surface area contributed by atoms with Crippen molar-refractivity contribution in [3.05, 3.63) is 59.8 Å². The van der Waals surface area contributed by atoms with Crippen LogP contribution in [0.2, 0.25) is 0 Å². The highest BCUT2D eigenvalue weighted by molar-refractivity contribution is 8.00. The summed E-state index contributed by atoms with van der Waals surface area (Å²) < 4.78 is 6.93. The Bertz CT molecular complexity index is 1200. The van der Waals surface area contributed by atoms with Gasteiger partial charge in [0.2, 0.25) is 11.1 Å². The Morgan fingerprint density at radius 3 is 2.94 bits per heavy atom.